The fourth-order valence-electron chi connectivity index (χ4n) is 2.34. The Morgan fingerprint density at radius 2 is 1.90 bits per heavy atom. The average molecular weight is 324 g/mol. The van der Waals surface area contributed by atoms with E-state index in [1.807, 2.05) is 30.3 Å². The van der Waals surface area contributed by atoms with Crippen molar-refractivity contribution in [2.45, 2.75) is 17.4 Å². The molecule has 1 N–H and O–H groups in total. The van der Waals surface area contributed by atoms with Crippen LogP contribution in [0.5, 0.6) is 5.75 Å². The van der Waals surface area contributed by atoms with Crippen molar-refractivity contribution in [2.75, 3.05) is 6.61 Å². The second-order valence-corrected chi connectivity index (χ2v) is 6.98. The molecule has 0 bridgehead atoms. The van der Waals surface area contributed by atoms with E-state index in [4.69, 9.17) is 16.3 Å². The molecule has 0 aromatic heterocycles. The van der Waals surface area contributed by atoms with Crippen LogP contribution in [0.2, 0.25) is 5.02 Å². The first-order valence-electron chi connectivity index (χ1n) is 6.54. The van der Waals surface area contributed by atoms with Gasteiger partial charge in [-0.15, -0.1) is 0 Å². The second kappa shape index (κ2) is 5.67. The van der Waals surface area contributed by atoms with Gasteiger partial charge >= 0.3 is 0 Å². The lowest BCUT2D eigenvalue weighted by atomic mass is 10.1. The average Bonchev–Trinajstić information content (AvgIpc) is 2.58. The van der Waals surface area contributed by atoms with E-state index in [9.17, 15) is 8.42 Å². The third-order valence-electron chi connectivity index (χ3n) is 3.30. The Bertz CT molecular complexity index is 747. The van der Waals surface area contributed by atoms with Gasteiger partial charge in [0.25, 0.3) is 0 Å². The van der Waals surface area contributed by atoms with Gasteiger partial charge in [-0.05, 0) is 24.1 Å². The predicted molar refractivity (Wildman–Crippen MR) is 81.2 cm³/mol. The van der Waals surface area contributed by atoms with Crippen LogP contribution >= 0.6 is 11.6 Å². The van der Waals surface area contributed by atoms with E-state index in [1.54, 1.807) is 12.1 Å². The highest BCUT2D eigenvalue weighted by Gasteiger charge is 2.29. The fraction of sp³-hybridized carbons (Fsp3) is 0.200. The van der Waals surface area contributed by atoms with Crippen LogP contribution in [-0.4, -0.2) is 21.1 Å². The molecule has 2 aromatic carbocycles. The van der Waals surface area contributed by atoms with Crippen molar-refractivity contribution in [1.82, 2.24) is 4.72 Å². The summed E-state index contributed by atoms with van der Waals surface area (Å²) in [6.45, 7) is 0.241. The fourth-order valence-corrected chi connectivity index (χ4v) is 4.01. The summed E-state index contributed by atoms with van der Waals surface area (Å²) < 4.78 is 33.1. The maximum atomic E-state index is 12.4. The van der Waals surface area contributed by atoms with Gasteiger partial charge in [0.1, 0.15) is 11.5 Å². The normalized spacial score (nSPS) is 20.1. The molecule has 110 valence electrons. The SMILES string of the molecule is O=S1(=O)N[C@@H](Cc2ccccc2)COc2c(Cl)cccc21. The Morgan fingerprint density at radius 1 is 1.14 bits per heavy atom. The summed E-state index contributed by atoms with van der Waals surface area (Å²) in [5.41, 5.74) is 1.05. The van der Waals surface area contributed by atoms with Gasteiger partial charge in [0, 0.05) is 0 Å². The van der Waals surface area contributed by atoms with Gasteiger partial charge in [0.15, 0.2) is 5.75 Å². The molecule has 0 fully saturated rings. The van der Waals surface area contributed by atoms with E-state index < -0.39 is 10.0 Å². The van der Waals surface area contributed by atoms with Crippen LogP contribution in [0.25, 0.3) is 0 Å². The van der Waals surface area contributed by atoms with Gasteiger partial charge in [-0.3, -0.25) is 0 Å². The van der Waals surface area contributed by atoms with Crippen LogP contribution in [-0.2, 0) is 16.4 Å². The van der Waals surface area contributed by atoms with E-state index in [-0.39, 0.29) is 23.3 Å². The third-order valence-corrected chi connectivity index (χ3v) is 5.14. The molecule has 0 saturated carbocycles. The minimum atomic E-state index is -3.63. The van der Waals surface area contributed by atoms with Crippen LogP contribution in [0.1, 0.15) is 5.56 Å². The van der Waals surface area contributed by atoms with Crippen molar-refractivity contribution in [2.24, 2.45) is 0 Å². The monoisotopic (exact) mass is 323 g/mol. The van der Waals surface area contributed by atoms with E-state index >= 15 is 0 Å². The quantitative estimate of drug-likeness (QED) is 0.924. The molecule has 1 atom stereocenters. The molecular weight excluding hydrogens is 310 g/mol. The Morgan fingerprint density at radius 3 is 2.67 bits per heavy atom. The molecule has 1 heterocycles. The zero-order chi connectivity index (χ0) is 14.9. The lowest BCUT2D eigenvalue weighted by molar-refractivity contribution is 0.279. The number of sulfonamides is 1. The molecule has 0 amide bonds. The molecule has 4 nitrogen and oxygen atoms in total. The van der Waals surface area contributed by atoms with Crippen LogP contribution in [0.15, 0.2) is 53.4 Å². The number of ether oxygens (including phenoxy) is 1. The number of fused-ring (bicyclic) bond motifs is 1. The molecule has 3 rings (SSSR count). The van der Waals surface area contributed by atoms with E-state index in [1.165, 1.54) is 6.07 Å². The number of benzene rings is 2. The first-order valence-corrected chi connectivity index (χ1v) is 8.40. The zero-order valence-electron chi connectivity index (χ0n) is 11.1. The molecule has 0 unspecified atom stereocenters. The Hall–Kier alpha value is -1.56. The van der Waals surface area contributed by atoms with Crippen molar-refractivity contribution < 1.29 is 13.2 Å². The van der Waals surface area contributed by atoms with Gasteiger partial charge in [-0.1, -0.05) is 48.0 Å². The Kier molecular flexibility index (Phi) is 3.89. The molecule has 21 heavy (non-hydrogen) atoms. The first kappa shape index (κ1) is 14.4. The predicted octanol–water partition coefficient (Wildman–Crippen LogP) is 2.62. The minimum Gasteiger partial charge on any atom is -0.489 e. The molecule has 2 aromatic rings. The number of hydrogen-bond acceptors (Lipinski definition) is 3. The molecule has 0 spiro atoms. The highest BCUT2D eigenvalue weighted by atomic mass is 35.5. The smallest absolute Gasteiger partial charge is 0.244 e. The number of rotatable bonds is 2. The number of para-hydroxylation sites is 1. The van der Waals surface area contributed by atoms with Crippen molar-refractivity contribution in [3.8, 4) is 5.75 Å². The van der Waals surface area contributed by atoms with Crippen LogP contribution in [0.3, 0.4) is 0 Å². The lowest BCUT2D eigenvalue weighted by Gasteiger charge is -2.14. The van der Waals surface area contributed by atoms with Crippen LogP contribution in [0, 0.1) is 0 Å². The standard InChI is InChI=1S/C15H14ClNO3S/c16-13-7-4-8-14-15(13)20-10-12(17-21(14,18)19)9-11-5-2-1-3-6-11/h1-8,12,17H,9-10H2/t12-/m0/s1. The summed E-state index contributed by atoms with van der Waals surface area (Å²) in [4.78, 5) is 0.0885. The number of nitrogens with one attached hydrogen (secondary N) is 1. The summed E-state index contributed by atoms with van der Waals surface area (Å²) in [6.07, 6.45) is 0.561. The summed E-state index contributed by atoms with van der Waals surface area (Å²) in [6, 6.07) is 14.1. The van der Waals surface area contributed by atoms with Crippen molar-refractivity contribution >= 4 is 21.6 Å². The largest absolute Gasteiger partial charge is 0.489 e. The molecule has 1 aliphatic heterocycles. The molecule has 0 saturated heterocycles. The molecule has 1 aliphatic rings. The van der Waals surface area contributed by atoms with Crippen LogP contribution in [0.4, 0.5) is 0 Å². The summed E-state index contributed by atoms with van der Waals surface area (Å²) in [7, 11) is -3.63. The third kappa shape index (κ3) is 3.05. The van der Waals surface area contributed by atoms with Gasteiger partial charge in [-0.2, -0.15) is 0 Å². The summed E-state index contributed by atoms with van der Waals surface area (Å²) >= 11 is 6.03. The highest BCUT2D eigenvalue weighted by molar-refractivity contribution is 7.89. The van der Waals surface area contributed by atoms with E-state index in [0.717, 1.165) is 5.56 Å². The Labute approximate surface area is 128 Å². The van der Waals surface area contributed by atoms with E-state index in [0.29, 0.717) is 11.4 Å². The van der Waals surface area contributed by atoms with Gasteiger partial charge < -0.3 is 4.74 Å². The molecule has 0 aliphatic carbocycles. The second-order valence-electron chi connectivity index (χ2n) is 4.89. The molecule has 0 radical (unpaired) electrons. The first-order chi connectivity index (χ1) is 10.1. The number of hydrogen-bond donors (Lipinski definition) is 1. The van der Waals surface area contributed by atoms with Gasteiger partial charge in [-0.25, -0.2) is 13.1 Å². The topological polar surface area (TPSA) is 55.4 Å². The highest BCUT2D eigenvalue weighted by Crippen LogP contribution is 2.33. The maximum absolute atomic E-state index is 12.4. The molecule has 6 heteroatoms. The van der Waals surface area contributed by atoms with Crippen molar-refractivity contribution in [3.05, 3.63) is 59.1 Å². The van der Waals surface area contributed by atoms with Crippen molar-refractivity contribution in [3.63, 3.8) is 0 Å². The summed E-state index contributed by atoms with van der Waals surface area (Å²) in [5.74, 6) is 0.224. The van der Waals surface area contributed by atoms with Gasteiger partial charge in [0.2, 0.25) is 10.0 Å². The Balaban J connectivity index is 1.90. The zero-order valence-corrected chi connectivity index (χ0v) is 12.7. The summed E-state index contributed by atoms with van der Waals surface area (Å²) in [5, 5.41) is 0.304. The number of halogens is 1. The van der Waals surface area contributed by atoms with Crippen LogP contribution < -0.4 is 9.46 Å². The van der Waals surface area contributed by atoms with E-state index in [2.05, 4.69) is 4.72 Å². The lowest BCUT2D eigenvalue weighted by Crippen LogP contribution is -2.38. The molecular formula is C15H14ClNO3S. The maximum Gasteiger partial charge on any atom is 0.244 e. The van der Waals surface area contributed by atoms with Gasteiger partial charge in [0.05, 0.1) is 11.1 Å². The minimum absolute atomic E-state index is 0.0885. The van der Waals surface area contributed by atoms with Crippen molar-refractivity contribution in [1.29, 1.82) is 0 Å².